The summed E-state index contributed by atoms with van der Waals surface area (Å²) in [6.45, 7) is 12.8. The molecule has 1 amide bonds. The fourth-order valence-electron chi connectivity index (χ4n) is 2.89. The highest BCUT2D eigenvalue weighted by molar-refractivity contribution is 8.04. The summed E-state index contributed by atoms with van der Waals surface area (Å²) in [5.74, 6) is -2.02. The standard InChI is InChI=1S/C18H29NO7SSi/c1-10(26-28(6,7)18(3,4)5)13-15(22)19-14(12(8-20)27-16(13)19)17(23)25-9-24-11(2)21/h10,13,16,20H,8-9H2,1-7H3/t10-,13+,16-/m1/s1. The van der Waals surface area contributed by atoms with Crippen LogP contribution in [0.4, 0.5) is 0 Å². The first-order chi connectivity index (χ1) is 12.8. The van der Waals surface area contributed by atoms with Crippen molar-refractivity contribution in [3.63, 3.8) is 0 Å². The molecule has 2 rings (SSSR count). The number of nitrogens with zero attached hydrogens (tertiary/aromatic N) is 1. The second-order valence-electron chi connectivity index (χ2n) is 8.44. The lowest BCUT2D eigenvalue weighted by Crippen LogP contribution is -2.62. The number of rotatable bonds is 7. The molecule has 0 unspecified atom stereocenters. The van der Waals surface area contributed by atoms with Crippen molar-refractivity contribution in [2.24, 2.45) is 5.92 Å². The van der Waals surface area contributed by atoms with Crippen LogP contribution in [-0.4, -0.2) is 61.0 Å². The van der Waals surface area contributed by atoms with E-state index in [1.54, 1.807) is 0 Å². The molecule has 1 saturated heterocycles. The predicted molar refractivity (Wildman–Crippen MR) is 106 cm³/mol. The van der Waals surface area contributed by atoms with Crippen molar-refractivity contribution in [3.8, 4) is 0 Å². The van der Waals surface area contributed by atoms with E-state index in [4.69, 9.17) is 9.16 Å². The average Bonchev–Trinajstić information content (AvgIpc) is 2.87. The lowest BCUT2D eigenvalue weighted by molar-refractivity contribution is -0.168. The van der Waals surface area contributed by atoms with Gasteiger partial charge in [0, 0.05) is 11.8 Å². The quantitative estimate of drug-likeness (QED) is 0.283. The van der Waals surface area contributed by atoms with Gasteiger partial charge in [-0.3, -0.25) is 14.5 Å². The van der Waals surface area contributed by atoms with Gasteiger partial charge in [-0.15, -0.1) is 0 Å². The number of β-lactam (4-membered cyclic amide) rings is 1. The van der Waals surface area contributed by atoms with Gasteiger partial charge < -0.3 is 19.0 Å². The van der Waals surface area contributed by atoms with Gasteiger partial charge in [0.05, 0.1) is 18.6 Å². The fraction of sp³-hybridized carbons (Fsp3) is 0.722. The Labute approximate surface area is 170 Å². The van der Waals surface area contributed by atoms with Gasteiger partial charge in [0.25, 0.3) is 0 Å². The van der Waals surface area contributed by atoms with Gasteiger partial charge >= 0.3 is 11.9 Å². The lowest BCUT2D eigenvalue weighted by atomic mass is 9.92. The van der Waals surface area contributed by atoms with Crippen LogP contribution in [0, 0.1) is 5.92 Å². The molecule has 0 bridgehead atoms. The zero-order valence-corrected chi connectivity index (χ0v) is 19.2. The molecule has 0 aromatic rings. The minimum atomic E-state index is -2.06. The van der Waals surface area contributed by atoms with Gasteiger partial charge in [-0.1, -0.05) is 32.5 Å². The van der Waals surface area contributed by atoms with Gasteiger partial charge in [0.15, 0.2) is 8.32 Å². The fourth-order valence-corrected chi connectivity index (χ4v) is 5.78. The van der Waals surface area contributed by atoms with Gasteiger partial charge in [-0.05, 0) is 25.1 Å². The Kier molecular flexibility index (Phi) is 6.69. The van der Waals surface area contributed by atoms with Crippen LogP contribution in [0.5, 0.6) is 0 Å². The molecule has 0 aromatic carbocycles. The molecule has 2 aliphatic heterocycles. The van der Waals surface area contributed by atoms with E-state index in [1.165, 1.54) is 23.6 Å². The van der Waals surface area contributed by atoms with E-state index in [0.717, 1.165) is 0 Å². The molecule has 10 heteroatoms. The Morgan fingerprint density at radius 3 is 2.39 bits per heavy atom. The summed E-state index contributed by atoms with van der Waals surface area (Å²) in [4.78, 5) is 37.7. The molecule has 0 radical (unpaired) electrons. The van der Waals surface area contributed by atoms with E-state index in [1.807, 2.05) is 6.92 Å². The number of carbonyl (C=O) groups is 3. The Bertz CT molecular complexity index is 701. The van der Waals surface area contributed by atoms with E-state index in [-0.39, 0.29) is 34.7 Å². The van der Waals surface area contributed by atoms with Crippen molar-refractivity contribution in [3.05, 3.63) is 10.6 Å². The highest BCUT2D eigenvalue weighted by atomic mass is 32.2. The molecule has 1 fully saturated rings. The number of hydrogen-bond donors (Lipinski definition) is 1. The molecule has 0 aliphatic carbocycles. The molecule has 0 aromatic heterocycles. The number of fused-ring (bicyclic) bond motifs is 1. The van der Waals surface area contributed by atoms with Gasteiger partial charge in [-0.25, -0.2) is 4.79 Å². The van der Waals surface area contributed by atoms with Crippen molar-refractivity contribution in [1.82, 2.24) is 4.90 Å². The van der Waals surface area contributed by atoms with Crippen molar-refractivity contribution in [2.45, 2.75) is 64.2 Å². The minimum absolute atomic E-state index is 0.0107. The lowest BCUT2D eigenvalue weighted by Gasteiger charge is -2.48. The number of ether oxygens (including phenoxy) is 2. The largest absolute Gasteiger partial charge is 0.428 e. The number of esters is 2. The van der Waals surface area contributed by atoms with E-state index in [2.05, 4.69) is 38.6 Å². The van der Waals surface area contributed by atoms with Crippen LogP contribution in [0.2, 0.25) is 18.1 Å². The van der Waals surface area contributed by atoms with Gasteiger partial charge in [-0.2, -0.15) is 0 Å². The maximum Gasteiger partial charge on any atom is 0.358 e. The van der Waals surface area contributed by atoms with Crippen molar-refractivity contribution < 1.29 is 33.4 Å². The third-order valence-electron chi connectivity index (χ3n) is 5.43. The number of hydrogen-bond acceptors (Lipinski definition) is 8. The van der Waals surface area contributed by atoms with Crippen molar-refractivity contribution >= 4 is 37.9 Å². The van der Waals surface area contributed by atoms with Gasteiger partial charge in [0.2, 0.25) is 12.7 Å². The van der Waals surface area contributed by atoms with Gasteiger partial charge in [0.1, 0.15) is 11.1 Å². The molecule has 0 spiro atoms. The number of thioether (sulfide) groups is 1. The van der Waals surface area contributed by atoms with Crippen molar-refractivity contribution in [2.75, 3.05) is 13.4 Å². The molecule has 0 saturated carbocycles. The number of carbonyl (C=O) groups excluding carboxylic acids is 3. The van der Waals surface area contributed by atoms with E-state index < -0.39 is 33.0 Å². The molecule has 28 heavy (non-hydrogen) atoms. The normalized spacial score (nSPS) is 23.3. The number of aliphatic hydroxyl groups is 1. The Balaban J connectivity index is 2.10. The summed E-state index contributed by atoms with van der Waals surface area (Å²) in [6.07, 6.45) is -0.307. The summed E-state index contributed by atoms with van der Waals surface area (Å²) in [5, 5.41) is 9.33. The maximum absolute atomic E-state index is 12.8. The second-order valence-corrected chi connectivity index (χ2v) is 14.4. The summed E-state index contributed by atoms with van der Waals surface area (Å²) < 4.78 is 15.9. The molecule has 8 nitrogen and oxygen atoms in total. The molecular formula is C18H29NO7SSi. The van der Waals surface area contributed by atoms with Crippen molar-refractivity contribution in [1.29, 1.82) is 0 Å². The molecule has 3 atom stereocenters. The van der Waals surface area contributed by atoms with Crippen LogP contribution >= 0.6 is 11.8 Å². The summed E-state index contributed by atoms with van der Waals surface area (Å²) in [7, 11) is -2.06. The van der Waals surface area contributed by atoms with Crippen LogP contribution in [-0.2, 0) is 28.3 Å². The van der Waals surface area contributed by atoms with E-state index in [9.17, 15) is 19.5 Å². The van der Waals surface area contributed by atoms with Crippen LogP contribution in [0.25, 0.3) is 0 Å². The van der Waals surface area contributed by atoms with Crippen LogP contribution in [0.1, 0.15) is 34.6 Å². The minimum Gasteiger partial charge on any atom is -0.428 e. The first kappa shape index (κ1) is 22.9. The van der Waals surface area contributed by atoms with Crippen LogP contribution < -0.4 is 0 Å². The molecule has 158 valence electrons. The highest BCUT2D eigenvalue weighted by Gasteiger charge is 2.59. The van der Waals surface area contributed by atoms with E-state index in [0.29, 0.717) is 4.91 Å². The smallest absolute Gasteiger partial charge is 0.358 e. The first-order valence-corrected chi connectivity index (χ1v) is 12.9. The van der Waals surface area contributed by atoms with Crippen LogP contribution in [0.3, 0.4) is 0 Å². The third kappa shape index (κ3) is 4.29. The third-order valence-corrected chi connectivity index (χ3v) is 11.4. The summed E-state index contributed by atoms with van der Waals surface area (Å²) >= 11 is 1.27. The predicted octanol–water partition coefficient (Wildman–Crippen LogP) is 2.20. The zero-order chi connectivity index (χ0) is 21.4. The number of aliphatic hydroxyl groups excluding tert-OH is 1. The Morgan fingerprint density at radius 2 is 1.89 bits per heavy atom. The number of amides is 1. The SMILES string of the molecule is CC(=O)OCOC(=O)C1=C(CO)S[C@@H]2[C@@H]([C@@H](C)O[Si](C)(C)C(C)(C)C)C(=O)N12. The average molecular weight is 432 g/mol. The Morgan fingerprint density at radius 1 is 1.29 bits per heavy atom. The second kappa shape index (κ2) is 8.17. The topological polar surface area (TPSA) is 102 Å². The molecule has 2 aliphatic rings. The Hall–Kier alpha value is -1.36. The van der Waals surface area contributed by atoms with Crippen LogP contribution in [0.15, 0.2) is 10.6 Å². The monoisotopic (exact) mass is 431 g/mol. The summed E-state index contributed by atoms with van der Waals surface area (Å²) in [6, 6.07) is 0. The maximum atomic E-state index is 12.8. The molecular weight excluding hydrogens is 402 g/mol. The van der Waals surface area contributed by atoms with E-state index >= 15 is 0 Å². The zero-order valence-electron chi connectivity index (χ0n) is 17.4. The summed E-state index contributed by atoms with van der Waals surface area (Å²) in [5.41, 5.74) is 0.0189. The molecule has 1 N–H and O–H groups in total. The molecule has 2 heterocycles. The highest BCUT2D eigenvalue weighted by Crippen LogP contribution is 2.51. The first-order valence-electron chi connectivity index (χ1n) is 9.14.